The van der Waals surface area contributed by atoms with Gasteiger partial charge in [0, 0.05) is 23.2 Å². The smallest absolute Gasteiger partial charge is 0.177 e. The maximum absolute atomic E-state index is 5.43. The van der Waals surface area contributed by atoms with Crippen molar-refractivity contribution in [2.75, 3.05) is 5.75 Å². The summed E-state index contributed by atoms with van der Waals surface area (Å²) >= 11 is 7.54. The number of nitrogens with zero attached hydrogens (tertiary/aromatic N) is 1. The van der Waals surface area contributed by atoms with Gasteiger partial charge >= 0.3 is 0 Å². The number of thioether (sulfide) groups is 1. The number of imidazole rings is 1. The quantitative estimate of drug-likeness (QED) is 0.812. The van der Waals surface area contributed by atoms with Crippen molar-refractivity contribution < 1.29 is 0 Å². The molecule has 2 unspecified atom stereocenters. The number of aromatic nitrogens is 2. The Balaban J connectivity index is 2.18. The second-order valence-electron chi connectivity index (χ2n) is 5.09. The first-order valence-corrected chi connectivity index (χ1v) is 8.00. The van der Waals surface area contributed by atoms with Crippen molar-refractivity contribution in [1.82, 2.24) is 9.55 Å². The minimum atomic E-state index is 0.542. The fourth-order valence-corrected chi connectivity index (χ4v) is 4.20. The average Bonchev–Trinajstić information content (AvgIpc) is 2.85. The molecule has 0 saturated heterocycles. The summed E-state index contributed by atoms with van der Waals surface area (Å²) in [5.74, 6) is 1.77. The number of H-pyrrole nitrogens is 1. The van der Waals surface area contributed by atoms with E-state index in [9.17, 15) is 0 Å². The fraction of sp³-hybridized carbons (Fsp3) is 0.769. The van der Waals surface area contributed by atoms with Crippen LogP contribution in [0.2, 0.25) is 0 Å². The summed E-state index contributed by atoms with van der Waals surface area (Å²) in [7, 11) is 0. The topological polar surface area (TPSA) is 20.7 Å². The van der Waals surface area contributed by atoms with E-state index in [4.69, 9.17) is 12.2 Å². The van der Waals surface area contributed by atoms with Crippen LogP contribution in [0.4, 0.5) is 0 Å². The third-order valence-corrected chi connectivity index (χ3v) is 5.10. The van der Waals surface area contributed by atoms with Crippen LogP contribution in [0.3, 0.4) is 0 Å². The van der Waals surface area contributed by atoms with E-state index in [0.29, 0.717) is 12.0 Å². The summed E-state index contributed by atoms with van der Waals surface area (Å²) in [4.78, 5) is 3.21. The van der Waals surface area contributed by atoms with Gasteiger partial charge in [-0.3, -0.25) is 0 Å². The molecule has 0 spiro atoms. The molecule has 1 aliphatic rings. The summed E-state index contributed by atoms with van der Waals surface area (Å²) in [6.07, 6.45) is 5.99. The van der Waals surface area contributed by atoms with E-state index in [1.807, 2.05) is 0 Å². The number of hydrogen-bond donors (Lipinski definition) is 1. The van der Waals surface area contributed by atoms with E-state index in [-0.39, 0.29) is 0 Å². The first-order chi connectivity index (χ1) is 8.13. The van der Waals surface area contributed by atoms with Crippen LogP contribution < -0.4 is 0 Å². The van der Waals surface area contributed by atoms with Gasteiger partial charge in [-0.2, -0.15) is 11.8 Å². The molecular formula is C13H22N2S2. The van der Waals surface area contributed by atoms with Gasteiger partial charge in [0.05, 0.1) is 0 Å². The van der Waals surface area contributed by atoms with Gasteiger partial charge in [-0.15, -0.1) is 0 Å². The lowest BCUT2D eigenvalue weighted by atomic mass is 10.1. The van der Waals surface area contributed by atoms with Crippen LogP contribution in [-0.2, 0) is 0 Å². The summed E-state index contributed by atoms with van der Waals surface area (Å²) in [6.45, 7) is 6.73. The maximum Gasteiger partial charge on any atom is 0.177 e. The van der Waals surface area contributed by atoms with Gasteiger partial charge in [0.15, 0.2) is 4.77 Å². The molecule has 2 rings (SSSR count). The highest BCUT2D eigenvalue weighted by Gasteiger charge is 2.27. The Morgan fingerprint density at radius 1 is 1.53 bits per heavy atom. The summed E-state index contributed by atoms with van der Waals surface area (Å²) in [5.41, 5.74) is 1.36. The zero-order chi connectivity index (χ0) is 12.4. The molecule has 0 bridgehead atoms. The van der Waals surface area contributed by atoms with Crippen molar-refractivity contribution in [2.24, 2.45) is 0 Å². The van der Waals surface area contributed by atoms with Gasteiger partial charge in [-0.05, 0) is 43.2 Å². The second kappa shape index (κ2) is 5.61. The van der Waals surface area contributed by atoms with E-state index < -0.39 is 0 Å². The highest BCUT2D eigenvalue weighted by atomic mass is 32.2. The molecule has 17 heavy (non-hydrogen) atoms. The third kappa shape index (κ3) is 2.79. The monoisotopic (exact) mass is 270 g/mol. The Kier molecular flexibility index (Phi) is 4.36. The van der Waals surface area contributed by atoms with Gasteiger partial charge < -0.3 is 9.55 Å². The molecule has 0 aromatic carbocycles. The average molecular weight is 270 g/mol. The van der Waals surface area contributed by atoms with Crippen molar-refractivity contribution >= 4 is 24.0 Å². The largest absolute Gasteiger partial charge is 0.337 e. The Morgan fingerprint density at radius 3 is 2.94 bits per heavy atom. The molecule has 1 N–H and O–H groups in total. The summed E-state index contributed by atoms with van der Waals surface area (Å²) < 4.78 is 3.27. The molecule has 4 heteroatoms. The number of rotatable bonds is 4. The van der Waals surface area contributed by atoms with Gasteiger partial charge in [0.2, 0.25) is 0 Å². The lowest BCUT2D eigenvalue weighted by molar-refractivity contribution is 0.487. The standard InChI is InChI=1S/C13H22N2S2/c1-4-17-11-6-5-10(7-11)15-12(9(2)3)8-14-13(15)16/h8-11H,4-7H2,1-3H3,(H,14,16). The van der Waals surface area contributed by atoms with Crippen LogP contribution in [0.15, 0.2) is 6.20 Å². The van der Waals surface area contributed by atoms with Gasteiger partial charge in [0.25, 0.3) is 0 Å². The van der Waals surface area contributed by atoms with Crippen molar-refractivity contribution in [1.29, 1.82) is 0 Å². The van der Waals surface area contributed by atoms with E-state index in [0.717, 1.165) is 10.0 Å². The van der Waals surface area contributed by atoms with Crippen molar-refractivity contribution in [3.63, 3.8) is 0 Å². The van der Waals surface area contributed by atoms with Crippen LogP contribution in [0.5, 0.6) is 0 Å². The molecule has 2 atom stereocenters. The number of nitrogens with one attached hydrogen (secondary N) is 1. The molecule has 2 nitrogen and oxygen atoms in total. The SMILES string of the molecule is CCSC1CCC(n2c(C(C)C)c[nH]c2=S)C1. The van der Waals surface area contributed by atoms with Crippen molar-refractivity contribution in [2.45, 2.75) is 57.2 Å². The van der Waals surface area contributed by atoms with Crippen LogP contribution >= 0.6 is 24.0 Å². The second-order valence-corrected chi connectivity index (χ2v) is 7.05. The molecular weight excluding hydrogens is 248 g/mol. The Hall–Kier alpha value is -0.220. The van der Waals surface area contributed by atoms with Gasteiger partial charge in [0.1, 0.15) is 0 Å². The van der Waals surface area contributed by atoms with Crippen LogP contribution in [0, 0.1) is 4.77 Å². The predicted octanol–water partition coefficient (Wildman–Crippen LogP) is 4.52. The third-order valence-electron chi connectivity index (χ3n) is 3.56. The Morgan fingerprint density at radius 2 is 2.29 bits per heavy atom. The lowest BCUT2D eigenvalue weighted by Gasteiger charge is -2.18. The zero-order valence-electron chi connectivity index (χ0n) is 10.9. The first-order valence-electron chi connectivity index (χ1n) is 6.54. The highest BCUT2D eigenvalue weighted by molar-refractivity contribution is 7.99. The highest BCUT2D eigenvalue weighted by Crippen LogP contribution is 2.38. The first kappa shape index (κ1) is 13.2. The summed E-state index contributed by atoms with van der Waals surface area (Å²) in [5, 5.41) is 0.835. The van der Waals surface area contributed by atoms with Crippen LogP contribution in [0.25, 0.3) is 0 Å². The molecule has 1 aliphatic carbocycles. The van der Waals surface area contributed by atoms with Crippen molar-refractivity contribution in [3.05, 3.63) is 16.7 Å². The number of aromatic amines is 1. The van der Waals surface area contributed by atoms with Gasteiger partial charge in [-0.1, -0.05) is 20.8 Å². The molecule has 0 radical (unpaired) electrons. The molecule has 1 aromatic heterocycles. The minimum absolute atomic E-state index is 0.542. The minimum Gasteiger partial charge on any atom is -0.337 e. The predicted molar refractivity (Wildman–Crippen MR) is 78.5 cm³/mol. The fourth-order valence-electron chi connectivity index (χ4n) is 2.75. The van der Waals surface area contributed by atoms with E-state index in [1.54, 1.807) is 0 Å². The van der Waals surface area contributed by atoms with Crippen molar-refractivity contribution in [3.8, 4) is 0 Å². The van der Waals surface area contributed by atoms with E-state index in [2.05, 4.69) is 48.3 Å². The summed E-state index contributed by atoms with van der Waals surface area (Å²) in [6, 6.07) is 0.621. The molecule has 1 fully saturated rings. The maximum atomic E-state index is 5.43. The van der Waals surface area contributed by atoms with Crippen LogP contribution in [-0.4, -0.2) is 20.6 Å². The molecule has 0 amide bonds. The molecule has 1 saturated carbocycles. The Bertz CT molecular complexity index is 419. The zero-order valence-corrected chi connectivity index (χ0v) is 12.5. The molecule has 96 valence electrons. The lowest BCUT2D eigenvalue weighted by Crippen LogP contribution is -2.11. The molecule has 0 aliphatic heterocycles. The van der Waals surface area contributed by atoms with E-state index >= 15 is 0 Å². The normalized spacial score (nSPS) is 24.7. The van der Waals surface area contributed by atoms with E-state index in [1.165, 1.54) is 30.7 Å². The number of hydrogen-bond acceptors (Lipinski definition) is 2. The Labute approximate surface area is 113 Å². The van der Waals surface area contributed by atoms with Crippen LogP contribution in [0.1, 0.15) is 57.7 Å². The molecule has 1 aromatic rings. The molecule has 1 heterocycles. The van der Waals surface area contributed by atoms with Gasteiger partial charge in [-0.25, -0.2) is 0 Å².